The van der Waals surface area contributed by atoms with Crippen LogP contribution in [0.15, 0.2) is 24.3 Å². The number of amides is 3. The van der Waals surface area contributed by atoms with Gasteiger partial charge in [0.05, 0.1) is 11.3 Å². The molecule has 1 heterocycles. The molecule has 0 radical (unpaired) electrons. The van der Waals surface area contributed by atoms with Crippen molar-refractivity contribution in [3.05, 3.63) is 29.8 Å². The van der Waals surface area contributed by atoms with E-state index in [1.54, 1.807) is 13.8 Å². The molecule has 0 aromatic heterocycles. The Balaban J connectivity index is 2.37. The number of halogens is 3. The molecule has 0 aliphatic carbocycles. The zero-order valence-electron chi connectivity index (χ0n) is 10.9. The van der Waals surface area contributed by atoms with Crippen LogP contribution >= 0.6 is 0 Å². The smallest absolute Gasteiger partial charge is 0.325 e. The Morgan fingerprint density at radius 1 is 1.25 bits per heavy atom. The molecule has 0 saturated carbocycles. The van der Waals surface area contributed by atoms with Gasteiger partial charge in [0.1, 0.15) is 6.04 Å². The highest BCUT2D eigenvalue weighted by molar-refractivity contribution is 6.21. The average molecular weight is 286 g/mol. The van der Waals surface area contributed by atoms with Crippen LogP contribution in [0.25, 0.3) is 0 Å². The summed E-state index contributed by atoms with van der Waals surface area (Å²) in [4.78, 5) is 24.6. The Hall–Kier alpha value is -2.05. The second-order valence-electron chi connectivity index (χ2n) is 4.89. The molecular weight excluding hydrogens is 273 g/mol. The van der Waals surface area contributed by atoms with E-state index in [1.807, 2.05) is 0 Å². The maximum Gasteiger partial charge on any atom is 0.416 e. The molecule has 1 atom stereocenters. The molecule has 1 aromatic rings. The quantitative estimate of drug-likeness (QED) is 0.850. The number of nitrogens with one attached hydrogen (secondary N) is 1. The van der Waals surface area contributed by atoms with Crippen LogP contribution in [0.5, 0.6) is 0 Å². The number of carbonyl (C=O) groups excluding carboxylic acids is 2. The maximum absolute atomic E-state index is 12.7. The first kappa shape index (κ1) is 14.4. The van der Waals surface area contributed by atoms with Crippen molar-refractivity contribution in [1.82, 2.24) is 5.32 Å². The zero-order chi connectivity index (χ0) is 15.1. The van der Waals surface area contributed by atoms with E-state index in [2.05, 4.69) is 5.32 Å². The van der Waals surface area contributed by atoms with Gasteiger partial charge < -0.3 is 5.32 Å². The second kappa shape index (κ2) is 4.81. The summed E-state index contributed by atoms with van der Waals surface area (Å²) in [5, 5.41) is 2.47. The number of benzene rings is 1. The Morgan fingerprint density at radius 3 is 2.40 bits per heavy atom. The number of anilines is 1. The molecule has 4 nitrogen and oxygen atoms in total. The van der Waals surface area contributed by atoms with Crippen molar-refractivity contribution < 1.29 is 22.8 Å². The summed E-state index contributed by atoms with van der Waals surface area (Å²) < 4.78 is 38.0. The van der Waals surface area contributed by atoms with Gasteiger partial charge in [-0.1, -0.05) is 19.9 Å². The number of urea groups is 1. The Kier molecular flexibility index (Phi) is 3.45. The third-order valence-electron chi connectivity index (χ3n) is 3.07. The third kappa shape index (κ3) is 2.48. The van der Waals surface area contributed by atoms with E-state index >= 15 is 0 Å². The van der Waals surface area contributed by atoms with Crippen molar-refractivity contribution in [1.29, 1.82) is 0 Å². The monoisotopic (exact) mass is 286 g/mol. The molecule has 108 valence electrons. The summed E-state index contributed by atoms with van der Waals surface area (Å²) >= 11 is 0. The van der Waals surface area contributed by atoms with E-state index in [4.69, 9.17) is 0 Å². The summed E-state index contributed by atoms with van der Waals surface area (Å²) in [6, 6.07) is 2.74. The van der Waals surface area contributed by atoms with Crippen LogP contribution in [-0.4, -0.2) is 18.0 Å². The van der Waals surface area contributed by atoms with Crippen molar-refractivity contribution in [2.75, 3.05) is 4.90 Å². The van der Waals surface area contributed by atoms with Crippen LogP contribution in [0.3, 0.4) is 0 Å². The average Bonchev–Trinajstić information content (AvgIpc) is 2.64. The Morgan fingerprint density at radius 2 is 1.90 bits per heavy atom. The Bertz CT molecular complexity index is 555. The van der Waals surface area contributed by atoms with Crippen molar-refractivity contribution in [3.63, 3.8) is 0 Å². The van der Waals surface area contributed by atoms with Gasteiger partial charge in [0.2, 0.25) is 0 Å². The minimum Gasteiger partial charge on any atom is -0.325 e. The van der Waals surface area contributed by atoms with Crippen LogP contribution in [0, 0.1) is 5.92 Å². The van der Waals surface area contributed by atoms with Gasteiger partial charge in [0.15, 0.2) is 0 Å². The fraction of sp³-hybridized carbons (Fsp3) is 0.385. The normalized spacial score (nSPS) is 19.7. The lowest BCUT2D eigenvalue weighted by Crippen LogP contribution is -2.34. The summed E-state index contributed by atoms with van der Waals surface area (Å²) in [5.41, 5.74) is -0.978. The first-order valence-electron chi connectivity index (χ1n) is 6.03. The lowest BCUT2D eigenvalue weighted by Gasteiger charge is -2.16. The summed E-state index contributed by atoms with van der Waals surface area (Å²) in [5.74, 6) is -0.674. The number of carbonyl (C=O) groups is 2. The minimum absolute atomic E-state index is 0.0783. The van der Waals surface area contributed by atoms with Crippen LogP contribution in [0.2, 0.25) is 0 Å². The molecule has 1 N–H and O–H groups in total. The van der Waals surface area contributed by atoms with Crippen LogP contribution in [0.1, 0.15) is 19.4 Å². The van der Waals surface area contributed by atoms with Crippen LogP contribution in [0.4, 0.5) is 23.7 Å². The first-order valence-corrected chi connectivity index (χ1v) is 6.03. The topological polar surface area (TPSA) is 49.4 Å². The Labute approximate surface area is 113 Å². The molecule has 1 fully saturated rings. The molecule has 1 unspecified atom stereocenters. The molecular formula is C13H13F3N2O2. The largest absolute Gasteiger partial charge is 0.416 e. The fourth-order valence-electron chi connectivity index (χ4n) is 2.02. The number of rotatable bonds is 2. The van der Waals surface area contributed by atoms with Gasteiger partial charge in [-0.2, -0.15) is 13.2 Å². The standard InChI is InChI=1S/C13H13F3N2O2/c1-7(2)10-11(19)18(12(20)17-10)9-5-3-4-8(6-9)13(14,15)16/h3-7,10H,1-2H3,(H,17,20). The maximum atomic E-state index is 12.7. The highest BCUT2D eigenvalue weighted by atomic mass is 19.4. The minimum atomic E-state index is -4.52. The van der Waals surface area contributed by atoms with Crippen molar-refractivity contribution >= 4 is 17.6 Å². The van der Waals surface area contributed by atoms with E-state index < -0.39 is 29.7 Å². The fourth-order valence-corrected chi connectivity index (χ4v) is 2.02. The van der Waals surface area contributed by atoms with E-state index in [1.165, 1.54) is 12.1 Å². The summed E-state index contributed by atoms with van der Waals surface area (Å²) in [6.45, 7) is 3.50. The zero-order valence-corrected chi connectivity index (χ0v) is 10.9. The number of hydrogen-bond donors (Lipinski definition) is 1. The molecule has 20 heavy (non-hydrogen) atoms. The number of alkyl halides is 3. The molecule has 1 aliphatic rings. The van der Waals surface area contributed by atoms with Crippen LogP contribution in [-0.2, 0) is 11.0 Å². The van der Waals surface area contributed by atoms with Gasteiger partial charge in [0.25, 0.3) is 5.91 Å². The number of nitrogens with zero attached hydrogens (tertiary/aromatic N) is 1. The first-order chi connectivity index (χ1) is 9.21. The number of hydrogen-bond acceptors (Lipinski definition) is 2. The SMILES string of the molecule is CC(C)C1NC(=O)N(c2cccc(C(F)(F)F)c2)C1=O. The van der Waals surface area contributed by atoms with Crippen molar-refractivity contribution in [2.45, 2.75) is 26.1 Å². The van der Waals surface area contributed by atoms with E-state index in [0.717, 1.165) is 17.0 Å². The number of imide groups is 1. The highest BCUT2D eigenvalue weighted by Crippen LogP contribution is 2.32. The van der Waals surface area contributed by atoms with Gasteiger partial charge in [-0.15, -0.1) is 0 Å². The molecule has 0 bridgehead atoms. The van der Waals surface area contributed by atoms with Crippen LogP contribution < -0.4 is 10.2 Å². The van der Waals surface area contributed by atoms with E-state index in [-0.39, 0.29) is 11.6 Å². The van der Waals surface area contributed by atoms with E-state index in [0.29, 0.717) is 0 Å². The molecule has 0 spiro atoms. The predicted molar refractivity (Wildman–Crippen MR) is 66.1 cm³/mol. The van der Waals surface area contributed by atoms with Gasteiger partial charge in [-0.05, 0) is 24.1 Å². The van der Waals surface area contributed by atoms with Gasteiger partial charge in [-0.25, -0.2) is 9.69 Å². The van der Waals surface area contributed by atoms with Crippen molar-refractivity contribution in [2.24, 2.45) is 5.92 Å². The molecule has 7 heteroatoms. The molecule has 1 aromatic carbocycles. The van der Waals surface area contributed by atoms with Gasteiger partial charge >= 0.3 is 12.2 Å². The lowest BCUT2D eigenvalue weighted by molar-refractivity contribution is -0.137. The van der Waals surface area contributed by atoms with Crippen molar-refractivity contribution in [3.8, 4) is 0 Å². The summed E-state index contributed by atoms with van der Waals surface area (Å²) in [6.07, 6.45) is -4.52. The summed E-state index contributed by atoms with van der Waals surface area (Å²) in [7, 11) is 0. The van der Waals surface area contributed by atoms with Gasteiger partial charge in [0, 0.05) is 0 Å². The molecule has 1 aliphatic heterocycles. The van der Waals surface area contributed by atoms with E-state index in [9.17, 15) is 22.8 Å². The second-order valence-corrected chi connectivity index (χ2v) is 4.89. The lowest BCUT2D eigenvalue weighted by atomic mass is 10.0. The molecule has 3 amide bonds. The van der Waals surface area contributed by atoms with Gasteiger partial charge in [-0.3, -0.25) is 4.79 Å². The third-order valence-corrected chi connectivity index (χ3v) is 3.07. The molecule has 1 saturated heterocycles. The highest BCUT2D eigenvalue weighted by Gasteiger charge is 2.41. The predicted octanol–water partition coefficient (Wildman–Crippen LogP) is 2.79. The molecule has 2 rings (SSSR count).